The van der Waals surface area contributed by atoms with Gasteiger partial charge in [-0.3, -0.25) is 0 Å². The van der Waals surface area contributed by atoms with Gasteiger partial charge in [0.2, 0.25) is 0 Å². The van der Waals surface area contributed by atoms with Gasteiger partial charge in [-0.25, -0.2) is 9.97 Å². The molecule has 1 unspecified atom stereocenters. The first-order chi connectivity index (χ1) is 13.2. The molecule has 0 spiro atoms. The first-order valence-electron chi connectivity index (χ1n) is 10.1. The molecule has 0 amide bonds. The zero-order valence-corrected chi connectivity index (χ0v) is 16.4. The summed E-state index contributed by atoms with van der Waals surface area (Å²) in [6.45, 7) is 7.18. The lowest BCUT2D eigenvalue weighted by atomic mass is 9.96. The topological polar surface area (TPSA) is 56.3 Å². The molecule has 1 fully saturated rings. The minimum absolute atomic E-state index is 0.503. The smallest absolute Gasteiger partial charge is 0.133 e. The van der Waals surface area contributed by atoms with Crippen LogP contribution in [0.25, 0.3) is 0 Å². The average molecular weight is 367 g/mol. The van der Waals surface area contributed by atoms with Crippen molar-refractivity contribution in [2.24, 2.45) is 5.92 Å². The first-order valence-corrected chi connectivity index (χ1v) is 10.1. The van der Waals surface area contributed by atoms with Crippen molar-refractivity contribution in [1.82, 2.24) is 9.97 Å². The molecule has 144 valence electrons. The largest absolute Gasteiger partial charge is 0.493 e. The van der Waals surface area contributed by atoms with E-state index < -0.39 is 0 Å². The normalized spacial score (nSPS) is 19.0. The Morgan fingerprint density at radius 3 is 2.93 bits per heavy atom. The van der Waals surface area contributed by atoms with Crippen molar-refractivity contribution in [3.8, 4) is 5.75 Å². The van der Waals surface area contributed by atoms with Crippen LogP contribution in [-0.4, -0.2) is 29.8 Å². The number of ether oxygens (including phenoxy) is 2. The second-order valence-electron chi connectivity index (χ2n) is 7.76. The van der Waals surface area contributed by atoms with E-state index in [1.165, 1.54) is 35.2 Å². The Morgan fingerprint density at radius 1 is 1.19 bits per heavy atom. The van der Waals surface area contributed by atoms with Crippen molar-refractivity contribution in [3.63, 3.8) is 0 Å². The monoisotopic (exact) mass is 367 g/mol. The van der Waals surface area contributed by atoms with Crippen molar-refractivity contribution in [2.45, 2.75) is 52.5 Å². The molecule has 2 aromatic rings. The molecule has 0 radical (unpaired) electrons. The molecule has 1 N–H and O–H groups in total. The van der Waals surface area contributed by atoms with Gasteiger partial charge in [-0.2, -0.15) is 0 Å². The van der Waals surface area contributed by atoms with Gasteiger partial charge in [0.05, 0.1) is 13.2 Å². The van der Waals surface area contributed by atoms with Gasteiger partial charge < -0.3 is 14.8 Å². The molecule has 0 saturated carbocycles. The Bertz CT molecular complexity index is 800. The number of anilines is 1. The zero-order valence-electron chi connectivity index (χ0n) is 16.4. The van der Waals surface area contributed by atoms with Gasteiger partial charge in [0, 0.05) is 35.9 Å². The Balaban J connectivity index is 1.49. The van der Waals surface area contributed by atoms with Crippen LogP contribution in [0.3, 0.4) is 0 Å². The van der Waals surface area contributed by atoms with Crippen LogP contribution in [0.4, 0.5) is 5.82 Å². The highest BCUT2D eigenvalue weighted by Crippen LogP contribution is 2.27. The number of benzene rings is 1. The molecular formula is C22H29N3O2. The molecule has 5 nitrogen and oxygen atoms in total. The lowest BCUT2D eigenvalue weighted by Crippen LogP contribution is -2.15. The number of aromatic nitrogens is 2. The second-order valence-corrected chi connectivity index (χ2v) is 7.76. The molecule has 2 heterocycles. The summed E-state index contributed by atoms with van der Waals surface area (Å²) in [6.07, 6.45) is 5.67. The van der Waals surface area contributed by atoms with Gasteiger partial charge in [-0.1, -0.05) is 12.1 Å². The molecule has 5 heteroatoms. The standard InChI is InChI=1S/C22H29N3O2/c1-15-7-8-18(21(11-15)27-14-17-9-10-26-13-17)12-23-22-19-5-3-4-6-20(19)24-16(2)25-22/h7-8,11,17H,3-6,9-10,12-14H2,1-2H3,(H,23,24,25). The maximum Gasteiger partial charge on any atom is 0.133 e. The van der Waals surface area contributed by atoms with E-state index in [1.54, 1.807) is 0 Å². The van der Waals surface area contributed by atoms with Crippen molar-refractivity contribution >= 4 is 5.82 Å². The van der Waals surface area contributed by atoms with E-state index in [0.29, 0.717) is 12.5 Å². The fraction of sp³-hybridized carbons (Fsp3) is 0.545. The van der Waals surface area contributed by atoms with Crippen LogP contribution in [0.1, 0.15) is 47.5 Å². The number of hydrogen-bond donors (Lipinski definition) is 1. The van der Waals surface area contributed by atoms with Gasteiger partial charge >= 0.3 is 0 Å². The summed E-state index contributed by atoms with van der Waals surface area (Å²) >= 11 is 0. The second kappa shape index (κ2) is 8.26. The maximum atomic E-state index is 6.17. The van der Waals surface area contributed by atoms with Crippen molar-refractivity contribution in [1.29, 1.82) is 0 Å². The van der Waals surface area contributed by atoms with Crippen LogP contribution in [0, 0.1) is 19.8 Å². The van der Waals surface area contributed by atoms with Gasteiger partial charge in [0.25, 0.3) is 0 Å². The molecule has 1 aromatic heterocycles. The Labute approximate surface area is 161 Å². The molecule has 1 aromatic carbocycles. The van der Waals surface area contributed by atoms with E-state index in [1.807, 2.05) is 6.92 Å². The Morgan fingerprint density at radius 2 is 2.07 bits per heavy atom. The van der Waals surface area contributed by atoms with Crippen LogP contribution in [0.5, 0.6) is 5.75 Å². The lowest BCUT2D eigenvalue weighted by Gasteiger charge is -2.20. The summed E-state index contributed by atoms with van der Waals surface area (Å²) in [4.78, 5) is 9.32. The summed E-state index contributed by atoms with van der Waals surface area (Å²) in [6, 6.07) is 6.43. The maximum absolute atomic E-state index is 6.17. The number of hydrogen-bond acceptors (Lipinski definition) is 5. The summed E-state index contributed by atoms with van der Waals surface area (Å²) in [5, 5.41) is 3.56. The third-order valence-electron chi connectivity index (χ3n) is 5.46. The van der Waals surface area contributed by atoms with E-state index >= 15 is 0 Å². The van der Waals surface area contributed by atoms with Crippen molar-refractivity contribution < 1.29 is 9.47 Å². The van der Waals surface area contributed by atoms with Gasteiger partial charge in [-0.05, 0) is 57.6 Å². The summed E-state index contributed by atoms with van der Waals surface area (Å²) in [5.41, 5.74) is 4.90. The van der Waals surface area contributed by atoms with Gasteiger partial charge in [0.1, 0.15) is 17.4 Å². The Kier molecular flexibility index (Phi) is 5.58. The predicted octanol–water partition coefficient (Wildman–Crippen LogP) is 4.00. The highest BCUT2D eigenvalue weighted by atomic mass is 16.5. The molecule has 27 heavy (non-hydrogen) atoms. The molecule has 2 aliphatic rings. The molecule has 1 saturated heterocycles. The first kappa shape index (κ1) is 18.2. The fourth-order valence-electron chi connectivity index (χ4n) is 3.91. The van der Waals surface area contributed by atoms with Crippen LogP contribution >= 0.6 is 0 Å². The van der Waals surface area contributed by atoms with Crippen LogP contribution in [-0.2, 0) is 24.1 Å². The molecule has 0 bridgehead atoms. The SMILES string of the molecule is Cc1ccc(CNc2nc(C)nc3c2CCCC3)c(OCC2CCOC2)c1. The van der Waals surface area contributed by atoms with Crippen LogP contribution in [0.15, 0.2) is 18.2 Å². The van der Waals surface area contributed by atoms with E-state index in [2.05, 4.69) is 40.4 Å². The fourth-order valence-corrected chi connectivity index (χ4v) is 3.91. The molecule has 4 rings (SSSR count). The third kappa shape index (κ3) is 4.41. The number of nitrogens with one attached hydrogen (secondary N) is 1. The third-order valence-corrected chi connectivity index (χ3v) is 5.46. The summed E-state index contributed by atoms with van der Waals surface area (Å²) in [7, 11) is 0. The molecule has 1 atom stereocenters. The van der Waals surface area contributed by atoms with Crippen molar-refractivity contribution in [2.75, 3.05) is 25.1 Å². The van der Waals surface area contributed by atoms with E-state index in [-0.39, 0.29) is 0 Å². The minimum Gasteiger partial charge on any atom is -0.493 e. The molecule has 1 aliphatic heterocycles. The quantitative estimate of drug-likeness (QED) is 0.836. The number of nitrogens with zero attached hydrogens (tertiary/aromatic N) is 2. The van der Waals surface area contributed by atoms with Crippen molar-refractivity contribution in [3.05, 3.63) is 46.4 Å². The zero-order chi connectivity index (χ0) is 18.6. The Hall–Kier alpha value is -2.14. The average Bonchev–Trinajstić information content (AvgIpc) is 3.19. The van der Waals surface area contributed by atoms with Crippen LogP contribution in [0.2, 0.25) is 0 Å². The number of rotatable bonds is 6. The molecular weight excluding hydrogens is 338 g/mol. The predicted molar refractivity (Wildman–Crippen MR) is 106 cm³/mol. The van der Waals surface area contributed by atoms with Crippen LogP contribution < -0.4 is 10.1 Å². The summed E-state index contributed by atoms with van der Waals surface area (Å²) in [5.74, 6) is 3.31. The lowest BCUT2D eigenvalue weighted by molar-refractivity contribution is 0.167. The summed E-state index contributed by atoms with van der Waals surface area (Å²) < 4.78 is 11.6. The van der Waals surface area contributed by atoms with E-state index in [4.69, 9.17) is 9.47 Å². The highest BCUT2D eigenvalue weighted by molar-refractivity contribution is 5.49. The highest BCUT2D eigenvalue weighted by Gasteiger charge is 2.19. The van der Waals surface area contributed by atoms with Gasteiger partial charge in [-0.15, -0.1) is 0 Å². The van der Waals surface area contributed by atoms with E-state index in [0.717, 1.165) is 56.5 Å². The van der Waals surface area contributed by atoms with Gasteiger partial charge in [0.15, 0.2) is 0 Å². The minimum atomic E-state index is 0.503. The number of fused-ring (bicyclic) bond motifs is 1. The van der Waals surface area contributed by atoms with E-state index in [9.17, 15) is 0 Å². The molecule has 1 aliphatic carbocycles. The number of aryl methyl sites for hydroxylation is 3.